The molecule has 19 heavy (non-hydrogen) atoms. The molecule has 0 rings (SSSR count). The van der Waals surface area contributed by atoms with Crippen molar-refractivity contribution in [1.82, 2.24) is 0 Å². The number of ether oxygens (including phenoxy) is 3. The smallest absolute Gasteiger partial charge is 0.331 e. The highest BCUT2D eigenvalue weighted by molar-refractivity contribution is 5.82. The SMILES string of the molecule is CCOC(CC)COCCCCOC(=O)C=CC#N. The molecule has 0 bridgehead atoms. The molecule has 0 aliphatic rings. The molecule has 0 aromatic carbocycles. The summed E-state index contributed by atoms with van der Waals surface area (Å²) < 4.78 is 15.8. The number of nitrogens with zero attached hydrogens (tertiary/aromatic N) is 1. The summed E-state index contributed by atoms with van der Waals surface area (Å²) in [5.74, 6) is -0.482. The molecule has 108 valence electrons. The van der Waals surface area contributed by atoms with Crippen LogP contribution in [0.5, 0.6) is 0 Å². The molecule has 1 unspecified atom stereocenters. The third kappa shape index (κ3) is 11.4. The van der Waals surface area contributed by atoms with E-state index in [-0.39, 0.29) is 6.10 Å². The van der Waals surface area contributed by atoms with Crippen LogP contribution in [0.25, 0.3) is 0 Å². The summed E-state index contributed by atoms with van der Waals surface area (Å²) in [6.07, 6.45) is 4.90. The molecule has 5 heteroatoms. The second-order valence-electron chi connectivity index (χ2n) is 3.90. The lowest BCUT2D eigenvalue weighted by Gasteiger charge is -2.14. The predicted octanol–water partition coefficient (Wildman–Crippen LogP) is 2.22. The molecular weight excluding hydrogens is 246 g/mol. The van der Waals surface area contributed by atoms with Gasteiger partial charge in [0.2, 0.25) is 0 Å². The monoisotopic (exact) mass is 269 g/mol. The van der Waals surface area contributed by atoms with E-state index in [9.17, 15) is 4.79 Å². The maximum Gasteiger partial charge on any atom is 0.331 e. The normalized spacial score (nSPS) is 12.3. The standard InChI is InChI=1S/C14H23NO4/c1-3-13(18-4-2)12-17-10-5-6-11-19-14(16)8-7-9-15/h7-8,13H,3-6,10-12H2,1-2H3. The lowest BCUT2D eigenvalue weighted by molar-refractivity contribution is -0.137. The van der Waals surface area contributed by atoms with Gasteiger partial charge in [-0.2, -0.15) is 5.26 Å². The third-order valence-corrected chi connectivity index (χ3v) is 2.38. The Morgan fingerprint density at radius 2 is 2.05 bits per heavy atom. The fourth-order valence-electron chi connectivity index (χ4n) is 1.37. The zero-order valence-corrected chi connectivity index (χ0v) is 11.8. The lowest BCUT2D eigenvalue weighted by Crippen LogP contribution is -2.19. The van der Waals surface area contributed by atoms with E-state index in [0.717, 1.165) is 31.4 Å². The number of nitriles is 1. The van der Waals surface area contributed by atoms with E-state index in [1.165, 1.54) is 0 Å². The van der Waals surface area contributed by atoms with E-state index >= 15 is 0 Å². The molecule has 0 saturated carbocycles. The van der Waals surface area contributed by atoms with Crippen LogP contribution in [0, 0.1) is 11.3 Å². The van der Waals surface area contributed by atoms with Crippen molar-refractivity contribution < 1.29 is 19.0 Å². The Bertz CT molecular complexity index is 296. The average molecular weight is 269 g/mol. The quantitative estimate of drug-likeness (QED) is 0.249. The van der Waals surface area contributed by atoms with Gasteiger partial charge in [-0.3, -0.25) is 0 Å². The molecule has 0 aliphatic carbocycles. The molecule has 0 fully saturated rings. The molecule has 1 atom stereocenters. The predicted molar refractivity (Wildman–Crippen MR) is 71.5 cm³/mol. The van der Waals surface area contributed by atoms with Gasteiger partial charge in [-0.25, -0.2) is 4.79 Å². The molecule has 5 nitrogen and oxygen atoms in total. The summed E-state index contributed by atoms with van der Waals surface area (Å²) in [6, 6.07) is 1.73. The number of hydrogen-bond donors (Lipinski definition) is 0. The summed E-state index contributed by atoms with van der Waals surface area (Å²) in [6.45, 7) is 6.33. The van der Waals surface area contributed by atoms with Gasteiger partial charge in [0.25, 0.3) is 0 Å². The Kier molecular flexibility index (Phi) is 12.1. The van der Waals surface area contributed by atoms with Gasteiger partial charge in [-0.1, -0.05) is 6.92 Å². The number of unbranched alkanes of at least 4 members (excludes halogenated alkanes) is 1. The van der Waals surface area contributed by atoms with E-state index in [1.54, 1.807) is 6.07 Å². The van der Waals surface area contributed by atoms with Gasteiger partial charge in [0.05, 0.1) is 25.4 Å². The van der Waals surface area contributed by atoms with E-state index in [1.807, 2.05) is 6.92 Å². The summed E-state index contributed by atoms with van der Waals surface area (Å²) in [5, 5.41) is 8.22. The number of esters is 1. The lowest BCUT2D eigenvalue weighted by atomic mass is 10.3. The Hall–Kier alpha value is -1.38. The second-order valence-corrected chi connectivity index (χ2v) is 3.90. The van der Waals surface area contributed by atoms with E-state index in [0.29, 0.717) is 26.4 Å². The molecule has 0 heterocycles. The van der Waals surface area contributed by atoms with Gasteiger partial charge in [0.15, 0.2) is 0 Å². The summed E-state index contributed by atoms with van der Waals surface area (Å²) in [5.41, 5.74) is 0. The number of carbonyl (C=O) groups is 1. The first-order chi connectivity index (χ1) is 9.24. The van der Waals surface area contributed by atoms with Gasteiger partial charge in [-0.05, 0) is 26.2 Å². The largest absolute Gasteiger partial charge is 0.463 e. The van der Waals surface area contributed by atoms with Crippen LogP contribution < -0.4 is 0 Å². The summed E-state index contributed by atoms with van der Waals surface area (Å²) >= 11 is 0. The van der Waals surface area contributed by atoms with Crippen molar-refractivity contribution in [2.75, 3.05) is 26.4 Å². The molecule has 0 aromatic heterocycles. The third-order valence-electron chi connectivity index (χ3n) is 2.38. The fourth-order valence-corrected chi connectivity index (χ4v) is 1.37. The second kappa shape index (κ2) is 13.1. The first-order valence-electron chi connectivity index (χ1n) is 6.66. The molecule has 0 aromatic rings. The van der Waals surface area contributed by atoms with Crippen LogP contribution in [0.3, 0.4) is 0 Å². The van der Waals surface area contributed by atoms with Crippen LogP contribution in [-0.2, 0) is 19.0 Å². The Labute approximate surface area is 115 Å². The fraction of sp³-hybridized carbons (Fsp3) is 0.714. The Morgan fingerprint density at radius 3 is 2.68 bits per heavy atom. The van der Waals surface area contributed by atoms with E-state index < -0.39 is 5.97 Å². The average Bonchev–Trinajstić information content (AvgIpc) is 2.42. The van der Waals surface area contributed by atoms with Gasteiger partial charge in [0, 0.05) is 25.4 Å². The molecule has 0 spiro atoms. The number of carbonyl (C=O) groups excluding carboxylic acids is 1. The highest BCUT2D eigenvalue weighted by Gasteiger charge is 2.04. The van der Waals surface area contributed by atoms with Crippen molar-refractivity contribution in [2.24, 2.45) is 0 Å². The minimum absolute atomic E-state index is 0.166. The Morgan fingerprint density at radius 1 is 1.32 bits per heavy atom. The topological polar surface area (TPSA) is 68.6 Å². The maximum atomic E-state index is 11.0. The molecular formula is C14H23NO4. The van der Waals surface area contributed by atoms with Crippen LogP contribution in [0.1, 0.15) is 33.1 Å². The van der Waals surface area contributed by atoms with Crippen molar-refractivity contribution >= 4 is 5.97 Å². The van der Waals surface area contributed by atoms with E-state index in [2.05, 4.69) is 6.92 Å². The minimum Gasteiger partial charge on any atom is -0.463 e. The molecule has 0 aliphatic heterocycles. The first kappa shape index (κ1) is 17.6. The Balaban J connectivity index is 3.38. The van der Waals surface area contributed by atoms with Gasteiger partial charge in [0.1, 0.15) is 0 Å². The van der Waals surface area contributed by atoms with Crippen LogP contribution in [-0.4, -0.2) is 38.5 Å². The number of rotatable bonds is 11. The van der Waals surface area contributed by atoms with Crippen LogP contribution >= 0.6 is 0 Å². The molecule has 0 amide bonds. The highest BCUT2D eigenvalue weighted by atomic mass is 16.5. The van der Waals surface area contributed by atoms with Crippen molar-refractivity contribution in [3.05, 3.63) is 12.2 Å². The highest BCUT2D eigenvalue weighted by Crippen LogP contribution is 2.00. The molecule has 0 saturated heterocycles. The summed E-state index contributed by atoms with van der Waals surface area (Å²) in [7, 11) is 0. The number of hydrogen-bond acceptors (Lipinski definition) is 5. The van der Waals surface area contributed by atoms with Crippen molar-refractivity contribution in [3.63, 3.8) is 0 Å². The maximum absolute atomic E-state index is 11.0. The zero-order chi connectivity index (χ0) is 14.3. The van der Waals surface area contributed by atoms with Crippen molar-refractivity contribution in [3.8, 4) is 6.07 Å². The minimum atomic E-state index is -0.482. The van der Waals surface area contributed by atoms with Gasteiger partial charge < -0.3 is 14.2 Å². The molecule has 0 N–H and O–H groups in total. The van der Waals surface area contributed by atoms with Crippen LogP contribution in [0.4, 0.5) is 0 Å². The van der Waals surface area contributed by atoms with E-state index in [4.69, 9.17) is 19.5 Å². The van der Waals surface area contributed by atoms with Crippen molar-refractivity contribution in [2.45, 2.75) is 39.2 Å². The zero-order valence-electron chi connectivity index (χ0n) is 11.8. The molecule has 0 radical (unpaired) electrons. The van der Waals surface area contributed by atoms with Crippen molar-refractivity contribution in [1.29, 1.82) is 5.26 Å². The van der Waals surface area contributed by atoms with Gasteiger partial charge in [-0.15, -0.1) is 0 Å². The number of allylic oxidation sites excluding steroid dienone is 1. The first-order valence-corrected chi connectivity index (χ1v) is 6.66. The summed E-state index contributed by atoms with van der Waals surface area (Å²) in [4.78, 5) is 11.0. The van der Waals surface area contributed by atoms with Crippen LogP contribution in [0.15, 0.2) is 12.2 Å². The van der Waals surface area contributed by atoms with Gasteiger partial charge >= 0.3 is 5.97 Å². The van der Waals surface area contributed by atoms with Crippen LogP contribution in [0.2, 0.25) is 0 Å².